The van der Waals surface area contributed by atoms with Crippen molar-refractivity contribution in [3.63, 3.8) is 0 Å². The number of aromatic nitrogens is 3. The topological polar surface area (TPSA) is 89.0 Å². The van der Waals surface area contributed by atoms with Crippen LogP contribution in [0.3, 0.4) is 0 Å². The van der Waals surface area contributed by atoms with Crippen LogP contribution in [0.4, 0.5) is 10.5 Å². The summed E-state index contributed by atoms with van der Waals surface area (Å²) in [5, 5.41) is 5.66. The summed E-state index contributed by atoms with van der Waals surface area (Å²) in [4.78, 5) is 24.5. The number of hydrogen-bond acceptors (Lipinski definition) is 5. The Morgan fingerprint density at radius 1 is 1.14 bits per heavy atom. The fraction of sp³-hybridized carbons (Fsp3) is 0.238. The van der Waals surface area contributed by atoms with Gasteiger partial charge in [-0.25, -0.2) is 19.7 Å². The predicted octanol–water partition coefficient (Wildman–Crippen LogP) is 4.56. The average Bonchev–Trinajstić information content (AvgIpc) is 2.71. The summed E-state index contributed by atoms with van der Waals surface area (Å²) < 4.78 is 6.03. The molecular formula is C21H23N5O2. The molecule has 7 nitrogen and oxygen atoms in total. The molecule has 3 rings (SSSR count). The molecule has 0 aliphatic rings. The number of carbonyl (C=O) groups is 1. The maximum atomic E-state index is 11.9. The number of rotatable bonds is 7. The van der Waals surface area contributed by atoms with Crippen molar-refractivity contribution >= 4 is 11.7 Å². The molecule has 2 amide bonds. The van der Waals surface area contributed by atoms with Crippen LogP contribution in [-0.4, -0.2) is 27.5 Å². The Morgan fingerprint density at radius 3 is 2.79 bits per heavy atom. The van der Waals surface area contributed by atoms with Crippen LogP contribution in [0.2, 0.25) is 0 Å². The van der Waals surface area contributed by atoms with Crippen molar-refractivity contribution in [2.45, 2.75) is 26.7 Å². The van der Waals surface area contributed by atoms with Gasteiger partial charge in [0.1, 0.15) is 12.1 Å². The van der Waals surface area contributed by atoms with E-state index in [1.165, 1.54) is 6.33 Å². The smallest absolute Gasteiger partial charge is 0.319 e. The predicted molar refractivity (Wildman–Crippen MR) is 108 cm³/mol. The zero-order valence-electron chi connectivity index (χ0n) is 16.0. The van der Waals surface area contributed by atoms with Gasteiger partial charge in [0.15, 0.2) is 0 Å². The van der Waals surface area contributed by atoms with Crippen molar-refractivity contribution in [3.05, 3.63) is 60.7 Å². The Hall–Kier alpha value is -3.48. The van der Waals surface area contributed by atoms with Gasteiger partial charge < -0.3 is 15.4 Å². The van der Waals surface area contributed by atoms with E-state index in [0.29, 0.717) is 23.9 Å². The number of nitrogens with zero attached hydrogens (tertiary/aromatic N) is 3. The van der Waals surface area contributed by atoms with E-state index in [0.717, 1.165) is 29.7 Å². The normalized spacial score (nSPS) is 10.4. The highest BCUT2D eigenvalue weighted by atomic mass is 16.5. The minimum absolute atomic E-state index is 0.211. The average molecular weight is 377 g/mol. The van der Waals surface area contributed by atoms with Gasteiger partial charge in [0.05, 0.1) is 11.3 Å². The second-order valence-electron chi connectivity index (χ2n) is 6.27. The number of benzene rings is 1. The highest BCUT2D eigenvalue weighted by Gasteiger charge is 2.11. The van der Waals surface area contributed by atoms with Crippen LogP contribution < -0.4 is 15.4 Å². The van der Waals surface area contributed by atoms with E-state index >= 15 is 0 Å². The molecule has 28 heavy (non-hydrogen) atoms. The third-order valence-electron chi connectivity index (χ3n) is 4.08. The monoisotopic (exact) mass is 377 g/mol. The molecule has 2 N–H and O–H groups in total. The van der Waals surface area contributed by atoms with Gasteiger partial charge in [-0.05, 0) is 55.3 Å². The fourth-order valence-electron chi connectivity index (χ4n) is 2.62. The van der Waals surface area contributed by atoms with Gasteiger partial charge in [0, 0.05) is 24.6 Å². The molecule has 0 spiro atoms. The van der Waals surface area contributed by atoms with Crippen molar-refractivity contribution in [1.29, 1.82) is 0 Å². The van der Waals surface area contributed by atoms with Gasteiger partial charge in [-0.3, -0.25) is 0 Å². The maximum absolute atomic E-state index is 11.9. The highest BCUT2D eigenvalue weighted by molar-refractivity contribution is 5.89. The van der Waals surface area contributed by atoms with Crippen LogP contribution >= 0.6 is 0 Å². The molecule has 1 aromatic carbocycles. The Morgan fingerprint density at radius 2 is 2.04 bits per heavy atom. The Kier molecular flexibility index (Phi) is 6.51. The number of carbonyl (C=O) groups excluding carboxylic acids is 1. The van der Waals surface area contributed by atoms with Crippen molar-refractivity contribution in [2.24, 2.45) is 0 Å². The molecule has 0 unspecified atom stereocenters. The third kappa shape index (κ3) is 5.03. The van der Waals surface area contributed by atoms with Crippen molar-refractivity contribution < 1.29 is 9.53 Å². The minimum Gasteiger partial charge on any atom is -0.438 e. The van der Waals surface area contributed by atoms with E-state index < -0.39 is 0 Å². The first kappa shape index (κ1) is 19.3. The standard InChI is InChI=1S/C21H23N5O2/c1-3-4-10-24-21(27)26-16-7-8-19(15(2)13-16)28-20-17(6-5-11-23-20)18-9-12-22-14-25-18/h5-9,11-14H,3-4,10H2,1-2H3,(H2,24,26,27). The number of aryl methyl sites for hydroxylation is 1. The van der Waals surface area contributed by atoms with Gasteiger partial charge in [0.2, 0.25) is 5.88 Å². The summed E-state index contributed by atoms with van der Waals surface area (Å²) in [6.07, 6.45) is 6.83. The molecule has 0 saturated heterocycles. The second kappa shape index (κ2) is 9.45. The molecule has 144 valence electrons. The molecular weight excluding hydrogens is 354 g/mol. The van der Waals surface area contributed by atoms with E-state index in [9.17, 15) is 4.79 Å². The van der Waals surface area contributed by atoms with Crippen LogP contribution in [0, 0.1) is 6.92 Å². The van der Waals surface area contributed by atoms with E-state index in [1.54, 1.807) is 24.5 Å². The van der Waals surface area contributed by atoms with E-state index in [1.807, 2.05) is 31.2 Å². The van der Waals surface area contributed by atoms with Crippen LogP contribution in [-0.2, 0) is 0 Å². The van der Waals surface area contributed by atoms with Crippen LogP contribution in [0.5, 0.6) is 11.6 Å². The van der Waals surface area contributed by atoms with E-state index in [-0.39, 0.29) is 6.03 Å². The molecule has 0 atom stereocenters. The quantitative estimate of drug-likeness (QED) is 0.589. The fourth-order valence-corrected chi connectivity index (χ4v) is 2.62. The molecule has 7 heteroatoms. The number of urea groups is 1. The summed E-state index contributed by atoms with van der Waals surface area (Å²) in [5.74, 6) is 1.12. The molecule has 0 radical (unpaired) electrons. The summed E-state index contributed by atoms with van der Waals surface area (Å²) in [6.45, 7) is 4.66. The SMILES string of the molecule is CCCCNC(=O)Nc1ccc(Oc2ncccc2-c2ccncn2)c(C)c1. The van der Waals surface area contributed by atoms with E-state index in [2.05, 4.69) is 32.5 Å². The zero-order chi connectivity index (χ0) is 19.8. The van der Waals surface area contributed by atoms with Crippen molar-refractivity contribution in [2.75, 3.05) is 11.9 Å². The Balaban J connectivity index is 1.73. The van der Waals surface area contributed by atoms with E-state index in [4.69, 9.17) is 4.74 Å². The number of ether oxygens (including phenoxy) is 1. The van der Waals surface area contributed by atoms with Gasteiger partial charge in [-0.15, -0.1) is 0 Å². The first-order valence-electron chi connectivity index (χ1n) is 9.22. The largest absolute Gasteiger partial charge is 0.438 e. The van der Waals surface area contributed by atoms with Gasteiger partial charge in [-0.2, -0.15) is 0 Å². The minimum atomic E-state index is -0.211. The lowest BCUT2D eigenvalue weighted by atomic mass is 10.2. The lowest BCUT2D eigenvalue weighted by Crippen LogP contribution is -2.29. The Bertz CT molecular complexity index is 931. The summed E-state index contributed by atoms with van der Waals surface area (Å²) in [5.41, 5.74) is 3.10. The first-order chi connectivity index (χ1) is 13.7. The summed E-state index contributed by atoms with van der Waals surface area (Å²) >= 11 is 0. The molecule has 2 heterocycles. The molecule has 0 fully saturated rings. The molecule has 0 bridgehead atoms. The number of nitrogens with one attached hydrogen (secondary N) is 2. The second-order valence-corrected chi connectivity index (χ2v) is 6.27. The van der Waals surface area contributed by atoms with Crippen LogP contribution in [0.1, 0.15) is 25.3 Å². The molecule has 3 aromatic rings. The summed E-state index contributed by atoms with van der Waals surface area (Å²) in [6, 6.07) is 10.8. The van der Waals surface area contributed by atoms with Gasteiger partial charge in [0.25, 0.3) is 0 Å². The highest BCUT2D eigenvalue weighted by Crippen LogP contribution is 2.32. The number of hydrogen-bond donors (Lipinski definition) is 2. The van der Waals surface area contributed by atoms with Gasteiger partial charge in [-0.1, -0.05) is 13.3 Å². The van der Waals surface area contributed by atoms with Crippen molar-refractivity contribution in [3.8, 4) is 22.9 Å². The molecule has 2 aromatic heterocycles. The maximum Gasteiger partial charge on any atom is 0.319 e. The molecule has 0 saturated carbocycles. The van der Waals surface area contributed by atoms with Crippen LogP contribution in [0.25, 0.3) is 11.3 Å². The number of anilines is 1. The first-order valence-corrected chi connectivity index (χ1v) is 9.22. The lowest BCUT2D eigenvalue weighted by Gasteiger charge is -2.13. The van der Waals surface area contributed by atoms with Crippen LogP contribution in [0.15, 0.2) is 55.1 Å². The number of pyridine rings is 1. The zero-order valence-corrected chi connectivity index (χ0v) is 16.0. The van der Waals surface area contributed by atoms with Gasteiger partial charge >= 0.3 is 6.03 Å². The third-order valence-corrected chi connectivity index (χ3v) is 4.08. The van der Waals surface area contributed by atoms with Crippen molar-refractivity contribution in [1.82, 2.24) is 20.3 Å². The molecule has 0 aliphatic heterocycles. The Labute approximate surface area is 164 Å². The number of unbranched alkanes of at least 4 members (excludes halogenated alkanes) is 1. The molecule has 0 aliphatic carbocycles. The number of amides is 2. The lowest BCUT2D eigenvalue weighted by molar-refractivity contribution is 0.252. The summed E-state index contributed by atoms with van der Waals surface area (Å²) in [7, 11) is 0.